The number of pyridine rings is 2. The average Bonchev–Trinajstić information content (AvgIpc) is 3.76. The fraction of sp³-hybridized carbons (Fsp3) is 0.438. The van der Waals surface area contributed by atoms with E-state index >= 15 is 0 Å². The van der Waals surface area contributed by atoms with Crippen molar-refractivity contribution < 1.29 is 13.2 Å². The van der Waals surface area contributed by atoms with Crippen LogP contribution >= 0.6 is 0 Å². The molecule has 0 aliphatic heterocycles. The van der Waals surface area contributed by atoms with E-state index in [4.69, 9.17) is 0 Å². The number of aromatic nitrogens is 5. The van der Waals surface area contributed by atoms with Crippen molar-refractivity contribution in [3.8, 4) is 12.1 Å². The molecule has 1 atom stereocenters. The highest BCUT2D eigenvalue weighted by Gasteiger charge is 2.64. The van der Waals surface area contributed by atoms with Gasteiger partial charge in [0.05, 0.1) is 34.6 Å². The maximum atomic E-state index is 14.0. The van der Waals surface area contributed by atoms with Gasteiger partial charge in [0.15, 0.2) is 0 Å². The molecule has 3 aromatic heterocycles. The van der Waals surface area contributed by atoms with E-state index in [0.29, 0.717) is 57.3 Å². The molecule has 0 unspecified atom stereocenters. The normalized spacial score (nSPS) is 18.4. The zero-order valence-electron chi connectivity index (χ0n) is 25.1. The number of halogens is 3. The maximum absolute atomic E-state index is 14.0. The number of nitrogens with one attached hydrogen (secondary N) is 2. The summed E-state index contributed by atoms with van der Waals surface area (Å²) in [6.45, 7) is 11.2. The van der Waals surface area contributed by atoms with Gasteiger partial charge in [-0.05, 0) is 54.7 Å². The van der Waals surface area contributed by atoms with Gasteiger partial charge in [-0.15, -0.1) is 5.10 Å². The second-order valence-electron chi connectivity index (χ2n) is 12.9. The number of fused-ring (bicyclic) bond motifs is 1. The lowest BCUT2D eigenvalue weighted by Gasteiger charge is -2.21. The van der Waals surface area contributed by atoms with Crippen LogP contribution in [-0.2, 0) is 5.54 Å². The molecule has 6 rings (SSSR count). The van der Waals surface area contributed by atoms with Crippen molar-refractivity contribution in [2.45, 2.75) is 65.5 Å². The summed E-state index contributed by atoms with van der Waals surface area (Å²) in [4.78, 5) is 8.39. The lowest BCUT2D eigenvalue weighted by atomic mass is 10.0. The first-order valence-corrected chi connectivity index (χ1v) is 14.5. The van der Waals surface area contributed by atoms with Gasteiger partial charge in [-0.25, -0.2) is 18.4 Å². The number of hydrogen-bond donors (Lipinski definition) is 2. The van der Waals surface area contributed by atoms with Gasteiger partial charge in [0.25, 0.3) is 6.43 Å². The van der Waals surface area contributed by atoms with E-state index in [1.165, 1.54) is 23.1 Å². The summed E-state index contributed by atoms with van der Waals surface area (Å²) in [5.41, 5.74) is 2.22. The molecule has 44 heavy (non-hydrogen) atoms. The smallest absolute Gasteiger partial charge is 0.263 e. The number of benzene rings is 1. The minimum atomic E-state index is -2.60. The average molecular weight is 600 g/mol. The molecule has 9 nitrogen and oxygen atoms in total. The van der Waals surface area contributed by atoms with E-state index in [9.17, 15) is 23.7 Å². The van der Waals surface area contributed by atoms with Gasteiger partial charge in [0.1, 0.15) is 23.4 Å². The van der Waals surface area contributed by atoms with E-state index in [2.05, 4.69) is 70.7 Å². The summed E-state index contributed by atoms with van der Waals surface area (Å²) in [5, 5.41) is 35.7. The molecule has 0 spiro atoms. The predicted octanol–water partition coefficient (Wildman–Crippen LogP) is 6.46. The summed E-state index contributed by atoms with van der Waals surface area (Å²) >= 11 is 0. The molecule has 2 aliphatic carbocycles. The molecule has 2 aliphatic rings. The second kappa shape index (κ2) is 10.2. The van der Waals surface area contributed by atoms with Crippen molar-refractivity contribution in [2.24, 2.45) is 16.7 Å². The van der Waals surface area contributed by atoms with Gasteiger partial charge in [0, 0.05) is 35.1 Å². The predicted molar refractivity (Wildman–Crippen MR) is 158 cm³/mol. The van der Waals surface area contributed by atoms with E-state index in [0.717, 1.165) is 0 Å². The number of hydrogen-bond acceptors (Lipinski definition) is 8. The van der Waals surface area contributed by atoms with Gasteiger partial charge < -0.3 is 10.6 Å². The highest BCUT2D eigenvalue weighted by atomic mass is 19.3. The number of nitrogens with zero attached hydrogens (tertiary/aromatic N) is 7. The third kappa shape index (κ3) is 4.60. The van der Waals surface area contributed by atoms with Crippen molar-refractivity contribution in [2.75, 3.05) is 17.2 Å². The van der Waals surface area contributed by atoms with Crippen molar-refractivity contribution in [3.05, 3.63) is 70.7 Å². The lowest BCUT2D eigenvalue weighted by Crippen LogP contribution is -2.26. The Hall–Kier alpha value is -4.71. The summed E-state index contributed by atoms with van der Waals surface area (Å²) in [7, 11) is 0. The highest BCUT2D eigenvalue weighted by molar-refractivity contribution is 5.99. The Kier molecular flexibility index (Phi) is 6.80. The molecule has 0 amide bonds. The SMILES string of the molecule is Cc1nc(F)ccc1[C@H](Nc1cc(C#N)c2ncc(C#N)c(NCC3C(C)(C)C3(C)C)c2c1)c1cn(C2(C(F)F)CC2)nn1. The standard InChI is InChI=1S/C32H32F3N9/c1-17-21(6-7-25(33)40-17)28(23-16-44(43-42-23)32(8-9-32)29(34)35)41-20-10-18(12-36)26-22(11-20)27(19(13-37)14-38-26)39-15-24-30(2,3)31(24,4)5/h6-7,10-11,14,16,24,28-29,41H,8-9,15H2,1-5H3,(H,38,39)/t28-/m0/s1. The summed E-state index contributed by atoms with van der Waals surface area (Å²) in [6, 6.07) is 9.84. The summed E-state index contributed by atoms with van der Waals surface area (Å²) < 4.78 is 42.9. The largest absolute Gasteiger partial charge is 0.383 e. The quantitative estimate of drug-likeness (QED) is 0.210. The van der Waals surface area contributed by atoms with Gasteiger partial charge in [-0.3, -0.25) is 4.98 Å². The first-order chi connectivity index (χ1) is 20.8. The zero-order valence-corrected chi connectivity index (χ0v) is 25.1. The molecule has 2 fully saturated rings. The molecule has 12 heteroatoms. The minimum Gasteiger partial charge on any atom is -0.383 e. The third-order valence-electron chi connectivity index (χ3n) is 10.2. The van der Waals surface area contributed by atoms with Crippen molar-refractivity contribution >= 4 is 22.3 Å². The molecule has 1 aromatic carbocycles. The minimum absolute atomic E-state index is 0.120. The van der Waals surface area contributed by atoms with Crippen molar-refractivity contribution in [3.63, 3.8) is 0 Å². The van der Waals surface area contributed by atoms with Crippen molar-refractivity contribution in [1.82, 2.24) is 25.0 Å². The Morgan fingerprint density at radius 2 is 1.77 bits per heavy atom. The number of aryl methyl sites for hydroxylation is 1. The van der Waals surface area contributed by atoms with E-state index in [1.807, 2.05) is 0 Å². The molecule has 0 radical (unpaired) electrons. The molecule has 3 heterocycles. The maximum Gasteiger partial charge on any atom is 0.263 e. The van der Waals surface area contributed by atoms with Crippen LogP contribution in [0.3, 0.4) is 0 Å². The van der Waals surface area contributed by atoms with Crippen LogP contribution in [0.1, 0.15) is 74.7 Å². The third-order valence-corrected chi connectivity index (χ3v) is 10.2. The number of nitriles is 2. The Bertz CT molecular complexity index is 1850. The first-order valence-electron chi connectivity index (χ1n) is 14.5. The molecular weight excluding hydrogens is 567 g/mol. The van der Waals surface area contributed by atoms with E-state index < -0.39 is 24.0 Å². The Labute approximate surface area is 253 Å². The van der Waals surface area contributed by atoms with Gasteiger partial charge >= 0.3 is 0 Å². The van der Waals surface area contributed by atoms with Crippen LogP contribution in [0.5, 0.6) is 0 Å². The topological polar surface area (TPSA) is 128 Å². The first kappa shape index (κ1) is 29.4. The molecule has 2 saturated carbocycles. The summed E-state index contributed by atoms with van der Waals surface area (Å²) in [5.74, 6) is -0.293. The van der Waals surface area contributed by atoms with Gasteiger partial charge in [-0.1, -0.05) is 39.0 Å². The van der Waals surface area contributed by atoms with Crippen LogP contribution in [0.2, 0.25) is 0 Å². The van der Waals surface area contributed by atoms with Crippen molar-refractivity contribution in [1.29, 1.82) is 10.5 Å². The Morgan fingerprint density at radius 1 is 1.07 bits per heavy atom. The Balaban J connectivity index is 1.43. The van der Waals surface area contributed by atoms with E-state index in [-0.39, 0.29) is 29.2 Å². The highest BCUT2D eigenvalue weighted by Crippen LogP contribution is 2.68. The number of rotatable bonds is 9. The fourth-order valence-corrected chi connectivity index (χ4v) is 6.42. The monoisotopic (exact) mass is 599 g/mol. The fourth-order valence-electron chi connectivity index (χ4n) is 6.42. The van der Waals surface area contributed by atoms with Crippen LogP contribution in [0, 0.1) is 52.3 Å². The number of anilines is 2. The molecule has 2 N–H and O–H groups in total. The van der Waals surface area contributed by atoms with Gasteiger partial charge in [0.2, 0.25) is 5.95 Å². The molecule has 0 saturated heterocycles. The van der Waals surface area contributed by atoms with Crippen LogP contribution < -0.4 is 10.6 Å². The molecule has 226 valence electrons. The summed E-state index contributed by atoms with van der Waals surface area (Å²) in [6.07, 6.45) is 0.924. The second-order valence-corrected chi connectivity index (χ2v) is 12.9. The molecular formula is C32H32F3N9. The van der Waals surface area contributed by atoms with E-state index in [1.54, 1.807) is 25.1 Å². The van der Waals surface area contributed by atoms with Gasteiger partial charge in [-0.2, -0.15) is 14.9 Å². The van der Waals surface area contributed by atoms with Crippen LogP contribution in [0.4, 0.5) is 24.5 Å². The van der Waals surface area contributed by atoms with Crippen LogP contribution in [0.25, 0.3) is 10.9 Å². The molecule has 4 aromatic rings. The molecule has 0 bridgehead atoms. The van der Waals surface area contributed by atoms with Crippen LogP contribution in [-0.4, -0.2) is 37.9 Å². The Morgan fingerprint density at radius 3 is 2.36 bits per heavy atom. The van der Waals surface area contributed by atoms with Crippen LogP contribution in [0.15, 0.2) is 36.7 Å². The zero-order chi connectivity index (χ0) is 31.6. The number of alkyl halides is 2. The lowest BCUT2D eigenvalue weighted by molar-refractivity contribution is 0.0593.